The van der Waals surface area contributed by atoms with Crippen LogP contribution in [-0.4, -0.2) is 33.4 Å². The Kier molecular flexibility index (Phi) is 5.90. The molecule has 5 rings (SSSR count). The van der Waals surface area contributed by atoms with E-state index in [4.69, 9.17) is 4.74 Å². The van der Waals surface area contributed by atoms with E-state index in [1.165, 1.54) is 27.6 Å². The fourth-order valence-corrected chi connectivity index (χ4v) is 6.21. The number of ketones is 1. The molecule has 0 saturated carbocycles. The lowest BCUT2D eigenvalue weighted by atomic mass is 9.95. The van der Waals surface area contributed by atoms with Crippen molar-refractivity contribution in [1.29, 1.82) is 0 Å². The number of aliphatic hydroxyl groups is 1. The highest BCUT2D eigenvalue weighted by Crippen LogP contribution is 2.45. The highest BCUT2D eigenvalue weighted by Gasteiger charge is 2.46. The van der Waals surface area contributed by atoms with Gasteiger partial charge in [-0.15, -0.1) is 11.3 Å². The van der Waals surface area contributed by atoms with Gasteiger partial charge in [0.05, 0.1) is 44.0 Å². The molecule has 2 aromatic carbocycles. The molecule has 1 N–H and O–H groups in total. The van der Waals surface area contributed by atoms with Crippen molar-refractivity contribution in [3.63, 3.8) is 0 Å². The first-order valence-electron chi connectivity index (χ1n) is 11.1. The summed E-state index contributed by atoms with van der Waals surface area (Å²) < 4.78 is 6.49. The highest BCUT2D eigenvalue weighted by molar-refractivity contribution is 7.22. The van der Waals surface area contributed by atoms with Gasteiger partial charge in [0.15, 0.2) is 10.9 Å². The standard InChI is InChI=1S/C26H23N3O4S2/c1-5-33-17-9-7-16(8-10-17)21-20(22(30)24-14(3)27-15(4)34-24)23(31)25(32)29(21)26-28-18-11-6-13(2)12-19(18)35-26/h6-12,21,31H,5H2,1-4H3. The highest BCUT2D eigenvalue weighted by atomic mass is 32.1. The number of aryl methyl sites for hydroxylation is 3. The van der Waals surface area contributed by atoms with E-state index < -0.39 is 23.5 Å². The van der Waals surface area contributed by atoms with Gasteiger partial charge in [-0.1, -0.05) is 29.5 Å². The zero-order valence-corrected chi connectivity index (χ0v) is 21.3. The predicted molar refractivity (Wildman–Crippen MR) is 138 cm³/mol. The smallest absolute Gasteiger partial charge is 0.296 e. The number of amides is 1. The molecule has 0 spiro atoms. The van der Waals surface area contributed by atoms with Gasteiger partial charge in [0, 0.05) is 0 Å². The number of nitrogens with zero attached hydrogens (tertiary/aromatic N) is 3. The van der Waals surface area contributed by atoms with Gasteiger partial charge in [-0.2, -0.15) is 0 Å². The normalized spacial score (nSPS) is 15.9. The summed E-state index contributed by atoms with van der Waals surface area (Å²) in [6, 6.07) is 12.2. The third-order valence-electron chi connectivity index (χ3n) is 5.81. The summed E-state index contributed by atoms with van der Waals surface area (Å²) in [5, 5.41) is 12.2. The van der Waals surface area contributed by atoms with Gasteiger partial charge < -0.3 is 9.84 Å². The SMILES string of the molecule is CCOc1ccc(C2C(C(=O)c3sc(C)nc3C)=C(O)C(=O)N2c2nc3ccc(C)cc3s2)cc1. The lowest BCUT2D eigenvalue weighted by Gasteiger charge is -2.24. The van der Waals surface area contributed by atoms with E-state index in [2.05, 4.69) is 9.97 Å². The number of rotatable bonds is 6. The third-order valence-corrected chi connectivity index (χ3v) is 7.90. The Morgan fingerprint density at radius 3 is 2.49 bits per heavy atom. The van der Waals surface area contributed by atoms with Crippen molar-refractivity contribution in [1.82, 2.24) is 9.97 Å². The Bertz CT molecular complexity index is 1500. The molecule has 178 valence electrons. The molecule has 2 aromatic heterocycles. The van der Waals surface area contributed by atoms with E-state index in [9.17, 15) is 14.7 Å². The fourth-order valence-electron chi connectivity index (χ4n) is 4.25. The first-order chi connectivity index (χ1) is 16.8. The number of ether oxygens (including phenoxy) is 1. The molecule has 1 amide bonds. The molecule has 0 radical (unpaired) electrons. The number of carbonyl (C=O) groups is 2. The van der Waals surface area contributed by atoms with Gasteiger partial charge in [0.25, 0.3) is 5.91 Å². The van der Waals surface area contributed by atoms with Crippen LogP contribution in [-0.2, 0) is 4.79 Å². The molecule has 0 bridgehead atoms. The number of benzene rings is 2. The number of hydrogen-bond acceptors (Lipinski definition) is 8. The van der Waals surface area contributed by atoms with Crippen LogP contribution < -0.4 is 9.64 Å². The molecule has 0 fully saturated rings. The molecule has 1 aliphatic rings. The van der Waals surface area contributed by atoms with Crippen molar-refractivity contribution >= 4 is 49.7 Å². The lowest BCUT2D eigenvalue weighted by Crippen LogP contribution is -2.31. The topological polar surface area (TPSA) is 92.6 Å². The van der Waals surface area contributed by atoms with Gasteiger partial charge in [0.2, 0.25) is 5.78 Å². The zero-order chi connectivity index (χ0) is 24.9. The number of aromatic nitrogens is 2. The molecular weight excluding hydrogens is 482 g/mol. The van der Waals surface area contributed by atoms with Crippen molar-refractivity contribution in [2.75, 3.05) is 11.5 Å². The maximum atomic E-state index is 13.7. The molecule has 35 heavy (non-hydrogen) atoms. The molecule has 9 heteroatoms. The minimum atomic E-state index is -0.839. The van der Waals surface area contributed by atoms with Gasteiger partial charge in [-0.05, 0) is 63.1 Å². The lowest BCUT2D eigenvalue weighted by molar-refractivity contribution is -0.117. The largest absolute Gasteiger partial charge is 0.503 e. The van der Waals surface area contributed by atoms with Crippen LogP contribution >= 0.6 is 22.7 Å². The fraction of sp³-hybridized carbons (Fsp3) is 0.231. The summed E-state index contributed by atoms with van der Waals surface area (Å²) in [6.45, 7) is 7.99. The minimum absolute atomic E-state index is 0.0290. The van der Waals surface area contributed by atoms with Crippen LogP contribution in [0.5, 0.6) is 5.75 Å². The summed E-state index contributed by atoms with van der Waals surface area (Å²) in [4.78, 5) is 38.0. The van der Waals surface area contributed by atoms with Gasteiger partial charge >= 0.3 is 0 Å². The van der Waals surface area contributed by atoms with E-state index in [1.54, 1.807) is 19.1 Å². The number of hydrogen-bond donors (Lipinski definition) is 1. The van der Waals surface area contributed by atoms with Crippen LogP contribution in [0.25, 0.3) is 10.2 Å². The number of fused-ring (bicyclic) bond motifs is 1. The summed E-state index contributed by atoms with van der Waals surface area (Å²) >= 11 is 2.60. The molecule has 7 nitrogen and oxygen atoms in total. The van der Waals surface area contributed by atoms with Crippen molar-refractivity contribution in [3.8, 4) is 5.75 Å². The Labute approximate surface area is 210 Å². The quantitative estimate of drug-likeness (QED) is 0.330. The van der Waals surface area contributed by atoms with E-state index in [1.807, 2.05) is 51.1 Å². The zero-order valence-electron chi connectivity index (χ0n) is 19.7. The van der Waals surface area contributed by atoms with Crippen molar-refractivity contribution in [2.24, 2.45) is 0 Å². The molecule has 0 aliphatic carbocycles. The van der Waals surface area contributed by atoms with E-state index in [0.29, 0.717) is 33.6 Å². The Morgan fingerprint density at radius 1 is 1.09 bits per heavy atom. The predicted octanol–water partition coefficient (Wildman–Crippen LogP) is 5.86. The number of anilines is 1. The number of aliphatic hydroxyl groups excluding tert-OH is 1. The minimum Gasteiger partial charge on any atom is -0.503 e. The number of thiazole rings is 2. The summed E-state index contributed by atoms with van der Waals surface area (Å²) in [5.74, 6) is -0.938. The molecule has 0 saturated heterocycles. The van der Waals surface area contributed by atoms with Crippen LogP contribution in [0, 0.1) is 20.8 Å². The Morgan fingerprint density at radius 2 is 1.83 bits per heavy atom. The van der Waals surface area contributed by atoms with Gasteiger partial charge in [-0.3, -0.25) is 14.5 Å². The first kappa shape index (κ1) is 23.2. The van der Waals surface area contributed by atoms with Crippen LogP contribution in [0.4, 0.5) is 5.13 Å². The second-order valence-corrected chi connectivity index (χ2v) is 10.5. The average Bonchev–Trinajstić information content (AvgIpc) is 3.47. The van der Waals surface area contributed by atoms with Gasteiger partial charge in [0.1, 0.15) is 5.75 Å². The second-order valence-electron chi connectivity index (χ2n) is 8.29. The second kappa shape index (κ2) is 8.90. The van der Waals surface area contributed by atoms with E-state index >= 15 is 0 Å². The van der Waals surface area contributed by atoms with Gasteiger partial charge in [-0.25, -0.2) is 9.97 Å². The van der Waals surface area contributed by atoms with Crippen molar-refractivity contribution < 1.29 is 19.4 Å². The van der Waals surface area contributed by atoms with Crippen molar-refractivity contribution in [2.45, 2.75) is 33.7 Å². The van der Waals surface area contributed by atoms with Crippen LogP contribution in [0.1, 0.15) is 44.5 Å². The summed E-state index contributed by atoms with van der Waals surface area (Å²) in [5.41, 5.74) is 3.10. The third kappa shape index (κ3) is 4.00. The average molecular weight is 506 g/mol. The Hall–Kier alpha value is -3.56. The molecule has 1 unspecified atom stereocenters. The van der Waals surface area contributed by atoms with E-state index in [0.717, 1.165) is 20.8 Å². The number of Topliss-reactive ketones (excluding diaryl/α,β-unsaturated/α-hetero) is 1. The summed E-state index contributed by atoms with van der Waals surface area (Å²) in [7, 11) is 0. The maximum absolute atomic E-state index is 13.7. The summed E-state index contributed by atoms with van der Waals surface area (Å²) in [6.07, 6.45) is 0. The molecule has 4 aromatic rings. The molecule has 1 atom stereocenters. The Balaban J connectivity index is 1.66. The first-order valence-corrected chi connectivity index (χ1v) is 12.8. The number of carbonyl (C=O) groups excluding carboxylic acids is 2. The van der Waals surface area contributed by atoms with Crippen molar-refractivity contribution in [3.05, 3.63) is 80.5 Å². The van der Waals surface area contributed by atoms with E-state index in [-0.39, 0.29) is 5.57 Å². The molecule has 3 heterocycles. The maximum Gasteiger partial charge on any atom is 0.296 e. The monoisotopic (exact) mass is 505 g/mol. The molecule has 1 aliphatic heterocycles. The van der Waals surface area contributed by atoms with Crippen LogP contribution in [0.2, 0.25) is 0 Å². The van der Waals surface area contributed by atoms with Crippen LogP contribution in [0.3, 0.4) is 0 Å². The molecular formula is C26H23N3O4S2. The van der Waals surface area contributed by atoms with Crippen LogP contribution in [0.15, 0.2) is 53.8 Å².